The van der Waals surface area contributed by atoms with Crippen molar-refractivity contribution in [3.63, 3.8) is 0 Å². The number of nitrogens with one attached hydrogen (secondary N) is 1. The van der Waals surface area contributed by atoms with Crippen molar-refractivity contribution in [1.82, 2.24) is 10.2 Å². The topological polar surface area (TPSA) is 32.3 Å². The SMILES string of the molecule is CN(CC(=O)NC12CC3CC(CC(C3)C1)C2)Cc1ccsc1. The Kier molecular flexibility index (Phi) is 3.77. The third kappa shape index (κ3) is 2.95. The van der Waals surface area contributed by atoms with Crippen LogP contribution in [0.25, 0.3) is 0 Å². The summed E-state index contributed by atoms with van der Waals surface area (Å²) in [6, 6.07) is 2.14. The van der Waals surface area contributed by atoms with Gasteiger partial charge in [0.25, 0.3) is 0 Å². The van der Waals surface area contributed by atoms with Crippen molar-refractivity contribution in [1.29, 1.82) is 0 Å². The lowest BCUT2D eigenvalue weighted by Gasteiger charge is -2.57. The van der Waals surface area contributed by atoms with Crippen molar-refractivity contribution in [2.45, 2.75) is 50.6 Å². The number of hydrogen-bond donors (Lipinski definition) is 1. The third-order valence-corrected chi connectivity index (χ3v) is 6.62. The lowest BCUT2D eigenvalue weighted by atomic mass is 9.53. The fraction of sp³-hybridized carbons (Fsp3) is 0.722. The molecule has 0 atom stereocenters. The molecule has 0 spiro atoms. The molecule has 4 aliphatic carbocycles. The molecular formula is C18H26N2OS. The van der Waals surface area contributed by atoms with E-state index in [1.54, 1.807) is 11.3 Å². The molecule has 3 nitrogen and oxygen atoms in total. The Labute approximate surface area is 137 Å². The molecule has 1 amide bonds. The molecule has 0 aromatic carbocycles. The highest BCUT2D eigenvalue weighted by molar-refractivity contribution is 7.07. The second-order valence-corrected chi connectivity index (χ2v) is 8.83. The van der Waals surface area contributed by atoms with E-state index in [0.29, 0.717) is 6.54 Å². The van der Waals surface area contributed by atoms with E-state index >= 15 is 0 Å². The minimum Gasteiger partial charge on any atom is -0.350 e. The van der Waals surface area contributed by atoms with Crippen LogP contribution >= 0.6 is 11.3 Å². The molecule has 1 N–H and O–H groups in total. The first-order chi connectivity index (χ1) is 10.6. The lowest BCUT2D eigenvalue weighted by molar-refractivity contribution is -0.127. The second kappa shape index (κ2) is 5.64. The van der Waals surface area contributed by atoms with Gasteiger partial charge in [-0.3, -0.25) is 9.69 Å². The first-order valence-electron chi connectivity index (χ1n) is 8.61. The Morgan fingerprint density at radius 3 is 2.45 bits per heavy atom. The number of hydrogen-bond acceptors (Lipinski definition) is 3. The summed E-state index contributed by atoms with van der Waals surface area (Å²) in [5, 5.41) is 7.71. The predicted molar refractivity (Wildman–Crippen MR) is 89.7 cm³/mol. The molecule has 4 bridgehead atoms. The van der Waals surface area contributed by atoms with E-state index in [2.05, 4.69) is 27.0 Å². The first kappa shape index (κ1) is 14.7. The standard InChI is InChI=1S/C18H26N2OS/c1-20(10-13-2-3-22-12-13)11-17(21)19-18-7-14-4-15(8-18)6-16(5-14)9-18/h2-3,12,14-16H,4-11H2,1H3,(H,19,21). The van der Waals surface area contributed by atoms with Crippen molar-refractivity contribution >= 4 is 17.2 Å². The fourth-order valence-electron chi connectivity index (χ4n) is 5.59. The molecular weight excluding hydrogens is 292 g/mol. The summed E-state index contributed by atoms with van der Waals surface area (Å²) in [6.45, 7) is 1.37. The van der Waals surface area contributed by atoms with Crippen molar-refractivity contribution in [3.8, 4) is 0 Å². The maximum Gasteiger partial charge on any atom is 0.234 e. The smallest absolute Gasteiger partial charge is 0.234 e. The average molecular weight is 318 g/mol. The molecule has 4 heteroatoms. The van der Waals surface area contributed by atoms with E-state index in [1.807, 2.05) is 7.05 Å². The molecule has 5 rings (SSSR count). The van der Waals surface area contributed by atoms with Gasteiger partial charge in [0.1, 0.15) is 0 Å². The van der Waals surface area contributed by atoms with Gasteiger partial charge in [0.15, 0.2) is 0 Å². The molecule has 0 radical (unpaired) electrons. The number of carbonyl (C=O) groups is 1. The molecule has 1 aromatic heterocycles. The maximum atomic E-state index is 12.5. The van der Waals surface area contributed by atoms with Gasteiger partial charge in [-0.25, -0.2) is 0 Å². The van der Waals surface area contributed by atoms with Crippen LogP contribution in [0, 0.1) is 17.8 Å². The number of thiophene rings is 1. The van der Waals surface area contributed by atoms with Crippen molar-refractivity contribution in [2.24, 2.45) is 17.8 Å². The number of likely N-dealkylation sites (N-methyl/N-ethyl adjacent to an activating group) is 1. The van der Waals surface area contributed by atoms with E-state index in [4.69, 9.17) is 0 Å². The van der Waals surface area contributed by atoms with Crippen LogP contribution in [0.1, 0.15) is 44.1 Å². The van der Waals surface area contributed by atoms with Gasteiger partial charge in [-0.15, -0.1) is 0 Å². The van der Waals surface area contributed by atoms with Crippen LogP contribution in [0.4, 0.5) is 0 Å². The number of rotatable bonds is 5. The molecule has 4 fully saturated rings. The van der Waals surface area contributed by atoms with Crippen molar-refractivity contribution in [3.05, 3.63) is 22.4 Å². The van der Waals surface area contributed by atoms with Gasteiger partial charge in [0, 0.05) is 12.1 Å². The van der Waals surface area contributed by atoms with Gasteiger partial charge in [-0.2, -0.15) is 11.3 Å². The van der Waals surface area contributed by atoms with E-state index in [1.165, 1.54) is 44.1 Å². The normalized spacial score (nSPS) is 36.0. The predicted octanol–water partition coefficient (Wildman–Crippen LogP) is 3.26. The van der Waals surface area contributed by atoms with E-state index < -0.39 is 0 Å². The molecule has 22 heavy (non-hydrogen) atoms. The number of carbonyl (C=O) groups excluding carboxylic acids is 1. The molecule has 0 unspecified atom stereocenters. The van der Waals surface area contributed by atoms with Gasteiger partial charge in [-0.1, -0.05) is 0 Å². The summed E-state index contributed by atoms with van der Waals surface area (Å²) in [5.74, 6) is 2.87. The Morgan fingerprint density at radius 1 is 1.27 bits per heavy atom. The van der Waals surface area contributed by atoms with Crippen LogP contribution in [0.2, 0.25) is 0 Å². The Hall–Kier alpha value is -0.870. The molecule has 4 saturated carbocycles. The zero-order chi connectivity index (χ0) is 15.2. The summed E-state index contributed by atoms with van der Waals surface area (Å²) in [5.41, 5.74) is 1.45. The fourth-order valence-corrected chi connectivity index (χ4v) is 6.25. The summed E-state index contributed by atoms with van der Waals surface area (Å²) >= 11 is 1.72. The Bertz CT molecular complexity index is 504. The molecule has 1 aromatic rings. The minimum atomic E-state index is 0.148. The zero-order valence-electron chi connectivity index (χ0n) is 13.4. The van der Waals surface area contributed by atoms with Crippen LogP contribution in [-0.2, 0) is 11.3 Å². The van der Waals surface area contributed by atoms with E-state index in [-0.39, 0.29) is 11.4 Å². The van der Waals surface area contributed by atoms with Gasteiger partial charge >= 0.3 is 0 Å². The number of nitrogens with zero attached hydrogens (tertiary/aromatic N) is 1. The van der Waals surface area contributed by atoms with Crippen molar-refractivity contribution < 1.29 is 4.79 Å². The minimum absolute atomic E-state index is 0.148. The zero-order valence-corrected chi connectivity index (χ0v) is 14.2. The van der Waals surface area contributed by atoms with Crippen LogP contribution in [0.15, 0.2) is 16.8 Å². The highest BCUT2D eigenvalue weighted by Crippen LogP contribution is 2.55. The first-order valence-corrected chi connectivity index (χ1v) is 9.55. The van der Waals surface area contributed by atoms with Gasteiger partial charge in [0.2, 0.25) is 5.91 Å². The largest absolute Gasteiger partial charge is 0.350 e. The van der Waals surface area contributed by atoms with Gasteiger partial charge in [0.05, 0.1) is 6.54 Å². The van der Waals surface area contributed by atoms with Crippen LogP contribution in [-0.4, -0.2) is 29.9 Å². The third-order valence-electron chi connectivity index (χ3n) is 5.89. The average Bonchev–Trinajstić information content (AvgIpc) is 2.88. The van der Waals surface area contributed by atoms with Crippen LogP contribution in [0.5, 0.6) is 0 Å². The molecule has 1 heterocycles. The van der Waals surface area contributed by atoms with Crippen LogP contribution in [0.3, 0.4) is 0 Å². The van der Waals surface area contributed by atoms with E-state index in [0.717, 1.165) is 24.3 Å². The van der Waals surface area contributed by atoms with Crippen molar-refractivity contribution in [2.75, 3.05) is 13.6 Å². The maximum absolute atomic E-state index is 12.5. The van der Waals surface area contributed by atoms with E-state index in [9.17, 15) is 4.79 Å². The molecule has 0 saturated heterocycles. The molecule has 120 valence electrons. The van der Waals surface area contributed by atoms with Gasteiger partial charge in [-0.05, 0) is 85.7 Å². The molecule has 0 aliphatic heterocycles. The lowest BCUT2D eigenvalue weighted by Crippen LogP contribution is -2.60. The summed E-state index contributed by atoms with van der Waals surface area (Å²) in [7, 11) is 2.04. The summed E-state index contributed by atoms with van der Waals surface area (Å²) in [6.07, 6.45) is 7.98. The quantitative estimate of drug-likeness (QED) is 0.904. The second-order valence-electron chi connectivity index (χ2n) is 8.05. The Morgan fingerprint density at radius 2 is 1.91 bits per heavy atom. The number of amides is 1. The summed E-state index contributed by atoms with van der Waals surface area (Å²) in [4.78, 5) is 14.6. The van der Waals surface area contributed by atoms with Crippen LogP contribution < -0.4 is 5.32 Å². The highest BCUT2D eigenvalue weighted by atomic mass is 32.1. The monoisotopic (exact) mass is 318 g/mol. The molecule has 4 aliphatic rings. The Balaban J connectivity index is 1.34. The van der Waals surface area contributed by atoms with Gasteiger partial charge < -0.3 is 5.32 Å². The summed E-state index contributed by atoms with van der Waals surface area (Å²) < 4.78 is 0. The highest BCUT2D eigenvalue weighted by Gasteiger charge is 2.51.